The predicted octanol–water partition coefficient (Wildman–Crippen LogP) is 2.28. The third-order valence-corrected chi connectivity index (χ3v) is 6.22. The van der Waals surface area contributed by atoms with Gasteiger partial charge in [-0.3, -0.25) is 9.78 Å². The topological polar surface area (TPSA) is 70.6 Å². The van der Waals surface area contributed by atoms with Crippen LogP contribution < -0.4 is 0 Å². The Labute approximate surface area is 157 Å². The summed E-state index contributed by atoms with van der Waals surface area (Å²) in [7, 11) is -3.60. The van der Waals surface area contributed by atoms with E-state index in [-0.39, 0.29) is 23.9 Å². The van der Waals surface area contributed by atoms with Crippen LogP contribution in [-0.4, -0.2) is 54.7 Å². The minimum atomic E-state index is -3.60. The van der Waals surface area contributed by atoms with E-state index in [1.54, 1.807) is 41.6 Å². The Morgan fingerprint density at radius 3 is 2.54 bits per heavy atom. The minimum absolute atomic E-state index is 0.145. The molecule has 0 N–H and O–H groups in total. The molecule has 3 rings (SSSR count). The number of benzene rings is 1. The summed E-state index contributed by atoms with van der Waals surface area (Å²) >= 11 is 5.89. The Kier molecular flexibility index (Phi) is 5.70. The first-order chi connectivity index (χ1) is 12.5. The molecule has 0 spiro atoms. The zero-order chi connectivity index (χ0) is 18.6. The third kappa shape index (κ3) is 4.30. The van der Waals surface area contributed by atoms with Gasteiger partial charge >= 0.3 is 0 Å². The van der Waals surface area contributed by atoms with Gasteiger partial charge in [-0.1, -0.05) is 23.7 Å². The van der Waals surface area contributed by atoms with Crippen LogP contribution in [0, 0.1) is 0 Å². The summed E-state index contributed by atoms with van der Waals surface area (Å²) in [6.45, 7) is 1.19. The van der Waals surface area contributed by atoms with E-state index in [1.165, 1.54) is 22.5 Å². The number of carbonyl (C=O) groups is 1. The molecule has 1 aliphatic rings. The number of sulfonamides is 1. The summed E-state index contributed by atoms with van der Waals surface area (Å²) in [6.07, 6.45) is 6.51. The Hall–Kier alpha value is -2.22. The van der Waals surface area contributed by atoms with E-state index in [1.807, 2.05) is 6.07 Å². The fourth-order valence-electron chi connectivity index (χ4n) is 2.67. The quantitative estimate of drug-likeness (QED) is 0.750. The van der Waals surface area contributed by atoms with E-state index in [9.17, 15) is 13.2 Å². The predicted molar refractivity (Wildman–Crippen MR) is 100 cm³/mol. The number of halogens is 1. The number of rotatable bonds is 4. The highest BCUT2D eigenvalue weighted by Crippen LogP contribution is 2.21. The number of amides is 1. The molecule has 26 heavy (non-hydrogen) atoms. The van der Waals surface area contributed by atoms with Crippen LogP contribution in [0.25, 0.3) is 6.08 Å². The minimum Gasteiger partial charge on any atom is -0.337 e. The van der Waals surface area contributed by atoms with Crippen LogP contribution in [0.4, 0.5) is 0 Å². The fourth-order valence-corrected chi connectivity index (χ4v) is 4.40. The Balaban J connectivity index is 1.62. The molecule has 0 unspecified atom stereocenters. The highest BCUT2D eigenvalue weighted by molar-refractivity contribution is 7.89. The molecular weight excluding hydrogens is 374 g/mol. The molecule has 0 atom stereocenters. The van der Waals surface area contributed by atoms with Crippen molar-refractivity contribution in [1.29, 1.82) is 0 Å². The molecule has 1 fully saturated rings. The van der Waals surface area contributed by atoms with Crippen LogP contribution in [-0.2, 0) is 14.8 Å². The van der Waals surface area contributed by atoms with Gasteiger partial charge in [0.2, 0.25) is 15.9 Å². The molecule has 0 radical (unpaired) electrons. The van der Waals surface area contributed by atoms with Crippen LogP contribution in [0.1, 0.15) is 5.56 Å². The first-order valence-electron chi connectivity index (χ1n) is 8.09. The maximum absolute atomic E-state index is 12.7. The van der Waals surface area contributed by atoms with Crippen LogP contribution in [0.2, 0.25) is 5.02 Å². The molecule has 0 aliphatic carbocycles. The van der Waals surface area contributed by atoms with E-state index in [4.69, 9.17) is 11.6 Å². The molecule has 2 heterocycles. The highest BCUT2D eigenvalue weighted by Gasteiger charge is 2.29. The van der Waals surface area contributed by atoms with Crippen LogP contribution in [0.5, 0.6) is 0 Å². The molecule has 1 aromatic carbocycles. The van der Waals surface area contributed by atoms with Crippen LogP contribution in [0.15, 0.2) is 59.8 Å². The van der Waals surface area contributed by atoms with Crippen molar-refractivity contribution in [3.8, 4) is 0 Å². The maximum Gasteiger partial charge on any atom is 0.246 e. The molecule has 0 bridgehead atoms. The van der Waals surface area contributed by atoms with Crippen molar-refractivity contribution >= 4 is 33.6 Å². The number of pyridine rings is 1. The lowest BCUT2D eigenvalue weighted by atomic mass is 10.2. The third-order valence-electron chi connectivity index (χ3n) is 4.09. The molecule has 1 aliphatic heterocycles. The molecule has 0 saturated carbocycles. The van der Waals surface area contributed by atoms with Crippen molar-refractivity contribution in [1.82, 2.24) is 14.2 Å². The summed E-state index contributed by atoms with van der Waals surface area (Å²) in [4.78, 5) is 18.1. The van der Waals surface area contributed by atoms with Gasteiger partial charge in [0.15, 0.2) is 0 Å². The lowest BCUT2D eigenvalue weighted by Gasteiger charge is -2.33. The van der Waals surface area contributed by atoms with Crippen LogP contribution in [0.3, 0.4) is 0 Å². The maximum atomic E-state index is 12.7. The molecule has 1 saturated heterocycles. The number of piperazine rings is 1. The molecule has 8 heteroatoms. The summed E-state index contributed by atoms with van der Waals surface area (Å²) in [5.41, 5.74) is 0.836. The zero-order valence-electron chi connectivity index (χ0n) is 14.0. The number of hydrogen-bond donors (Lipinski definition) is 0. The zero-order valence-corrected chi connectivity index (χ0v) is 15.5. The molecule has 136 valence electrons. The monoisotopic (exact) mass is 391 g/mol. The Bertz CT molecular complexity index is 908. The largest absolute Gasteiger partial charge is 0.337 e. The van der Waals surface area contributed by atoms with E-state index in [0.717, 1.165) is 5.56 Å². The van der Waals surface area contributed by atoms with Crippen molar-refractivity contribution in [3.05, 3.63) is 65.5 Å². The van der Waals surface area contributed by atoms with Crippen molar-refractivity contribution in [2.24, 2.45) is 0 Å². The van der Waals surface area contributed by atoms with E-state index >= 15 is 0 Å². The van der Waals surface area contributed by atoms with Crippen molar-refractivity contribution in [3.63, 3.8) is 0 Å². The van der Waals surface area contributed by atoms with Gasteiger partial charge in [-0.05, 0) is 35.9 Å². The second-order valence-corrected chi connectivity index (χ2v) is 8.18. The van der Waals surface area contributed by atoms with Crippen LogP contribution >= 0.6 is 11.6 Å². The van der Waals surface area contributed by atoms with E-state index in [0.29, 0.717) is 18.1 Å². The van der Waals surface area contributed by atoms with Gasteiger partial charge in [0, 0.05) is 49.7 Å². The van der Waals surface area contributed by atoms with Crippen molar-refractivity contribution in [2.45, 2.75) is 4.90 Å². The first-order valence-corrected chi connectivity index (χ1v) is 9.91. The van der Waals surface area contributed by atoms with Gasteiger partial charge in [-0.2, -0.15) is 4.31 Å². The smallest absolute Gasteiger partial charge is 0.246 e. The molecule has 1 aromatic heterocycles. The Morgan fingerprint density at radius 2 is 1.88 bits per heavy atom. The van der Waals surface area contributed by atoms with Gasteiger partial charge < -0.3 is 4.90 Å². The molecule has 6 nitrogen and oxygen atoms in total. The number of hydrogen-bond acceptors (Lipinski definition) is 4. The van der Waals surface area contributed by atoms with E-state index < -0.39 is 10.0 Å². The summed E-state index contributed by atoms with van der Waals surface area (Å²) < 4.78 is 26.7. The Morgan fingerprint density at radius 1 is 1.12 bits per heavy atom. The lowest BCUT2D eigenvalue weighted by Crippen LogP contribution is -2.50. The van der Waals surface area contributed by atoms with E-state index in [2.05, 4.69) is 4.98 Å². The number of carbonyl (C=O) groups excluding carboxylic acids is 1. The summed E-state index contributed by atoms with van der Waals surface area (Å²) in [5, 5.41) is 0.375. The van der Waals surface area contributed by atoms with Gasteiger partial charge in [0.1, 0.15) is 0 Å². The van der Waals surface area contributed by atoms with Gasteiger partial charge in [-0.15, -0.1) is 0 Å². The average molecular weight is 392 g/mol. The van der Waals surface area contributed by atoms with Gasteiger partial charge in [0.05, 0.1) is 4.90 Å². The second-order valence-electron chi connectivity index (χ2n) is 5.81. The molecular formula is C18H18ClN3O3S. The molecule has 1 amide bonds. The van der Waals surface area contributed by atoms with Crippen molar-refractivity contribution < 1.29 is 13.2 Å². The molecule has 2 aromatic rings. The normalized spacial score (nSPS) is 16.1. The standard InChI is InChI=1S/C18H18ClN3O3S/c19-16-4-1-5-17(13-16)26(24,25)22-11-9-21(10-12-22)18(23)7-6-15-3-2-8-20-14-15/h1-8,13-14H,9-12H2/b7-6+. The highest BCUT2D eigenvalue weighted by atomic mass is 35.5. The number of nitrogens with zero attached hydrogens (tertiary/aromatic N) is 3. The SMILES string of the molecule is O=C(/C=C/c1cccnc1)N1CCN(S(=O)(=O)c2cccc(Cl)c2)CC1. The summed E-state index contributed by atoms with van der Waals surface area (Å²) in [6, 6.07) is 9.85. The first kappa shape index (κ1) is 18.6. The second kappa shape index (κ2) is 7.99. The summed E-state index contributed by atoms with van der Waals surface area (Å²) in [5.74, 6) is -0.145. The van der Waals surface area contributed by atoms with Gasteiger partial charge in [-0.25, -0.2) is 8.42 Å². The lowest BCUT2D eigenvalue weighted by molar-refractivity contribution is -0.127. The average Bonchev–Trinajstić information content (AvgIpc) is 2.67. The number of aromatic nitrogens is 1. The van der Waals surface area contributed by atoms with Gasteiger partial charge in [0.25, 0.3) is 0 Å². The van der Waals surface area contributed by atoms with Crippen molar-refractivity contribution in [2.75, 3.05) is 26.2 Å². The fraction of sp³-hybridized carbons (Fsp3) is 0.222.